The summed E-state index contributed by atoms with van der Waals surface area (Å²) in [4.78, 5) is 8.50. The lowest BCUT2D eigenvalue weighted by atomic mass is 9.84. The highest BCUT2D eigenvalue weighted by atomic mass is 16.7. The number of ether oxygens (including phenoxy) is 4. The normalized spacial score (nSPS) is 39.8. The average molecular weight is 682 g/mol. The summed E-state index contributed by atoms with van der Waals surface area (Å²) in [6, 6.07) is -3.30. The molecule has 3 rings (SSSR count). The number of allylic oxidation sites excluding steroid dienone is 6. The van der Waals surface area contributed by atoms with Crippen molar-refractivity contribution in [2.24, 2.45) is 27.2 Å². The fourth-order valence-electron chi connectivity index (χ4n) is 6.15. The minimum atomic E-state index is -1.46. The zero-order valence-corrected chi connectivity index (χ0v) is 28.8. The molecule has 11 N–H and O–H groups in total. The van der Waals surface area contributed by atoms with Crippen molar-refractivity contribution in [1.29, 1.82) is 0 Å². The molecule has 0 radical (unpaired) electrons. The van der Waals surface area contributed by atoms with Gasteiger partial charge in [0.2, 0.25) is 0 Å². The first kappa shape index (κ1) is 40.5. The van der Waals surface area contributed by atoms with Crippen molar-refractivity contribution in [2.45, 2.75) is 152 Å². The maximum Gasteiger partial charge on any atom is 0.186 e. The molecule has 0 aromatic heterocycles. The third kappa shape index (κ3) is 11.3. The molecule has 0 amide bonds. The monoisotopic (exact) mass is 681 g/mol. The van der Waals surface area contributed by atoms with E-state index in [1.807, 2.05) is 6.08 Å². The zero-order chi connectivity index (χ0) is 35.5. The van der Waals surface area contributed by atoms with Gasteiger partial charge >= 0.3 is 0 Å². The number of aliphatic hydroxyl groups is 5. The van der Waals surface area contributed by atoms with Gasteiger partial charge in [-0.25, -0.2) is 0 Å². The Labute approximate surface area is 284 Å². The molecule has 0 aromatic rings. The molecule has 1 aliphatic carbocycles. The molecule has 2 saturated heterocycles. The van der Waals surface area contributed by atoms with Gasteiger partial charge in [0.1, 0.15) is 42.7 Å². The molecule has 1 saturated carbocycles. The number of nitrogens with two attached hydrogens (primary N) is 3. The summed E-state index contributed by atoms with van der Waals surface area (Å²) in [5.41, 5.74) is 22.5. The van der Waals surface area contributed by atoms with Gasteiger partial charge in [0.05, 0.1) is 37.4 Å². The fraction of sp³-hybridized carbons (Fsp3) is 0.765. The molecular weight excluding hydrogens is 622 g/mol. The van der Waals surface area contributed by atoms with Crippen molar-refractivity contribution >= 4 is 12.9 Å². The van der Waals surface area contributed by atoms with Gasteiger partial charge in [0.15, 0.2) is 12.6 Å². The number of hydrogen-bond acceptors (Lipinski definition) is 14. The maximum absolute atomic E-state index is 11.4. The third-order valence-corrected chi connectivity index (χ3v) is 9.22. The number of hydrogen-bond donors (Lipinski definition) is 8. The van der Waals surface area contributed by atoms with Crippen LogP contribution in [0.5, 0.6) is 0 Å². The van der Waals surface area contributed by atoms with Crippen LogP contribution >= 0.6 is 0 Å². The number of aliphatic hydroxyl groups excluding tert-OH is 5. The summed E-state index contributed by atoms with van der Waals surface area (Å²) in [7, 11) is 0. The van der Waals surface area contributed by atoms with E-state index in [9.17, 15) is 25.5 Å². The van der Waals surface area contributed by atoms with Crippen LogP contribution in [0.15, 0.2) is 44.9 Å². The predicted octanol–water partition coefficient (Wildman–Crippen LogP) is -0.0226. The van der Waals surface area contributed by atoms with E-state index in [1.54, 1.807) is 6.21 Å². The van der Waals surface area contributed by atoms with Crippen LogP contribution in [0.4, 0.5) is 0 Å². The molecule has 2 aliphatic heterocycles. The highest BCUT2D eigenvalue weighted by Crippen LogP contribution is 2.32. The van der Waals surface area contributed by atoms with E-state index in [-0.39, 0.29) is 19.4 Å². The number of nitrogens with zero attached hydrogens (tertiary/aromatic N) is 2. The molecule has 14 nitrogen and oxygen atoms in total. The second-order valence-electron chi connectivity index (χ2n) is 13.6. The van der Waals surface area contributed by atoms with E-state index < -0.39 is 92.2 Å². The van der Waals surface area contributed by atoms with Crippen LogP contribution in [0, 0.1) is 0 Å². The van der Waals surface area contributed by atoms with Crippen LogP contribution in [-0.4, -0.2) is 137 Å². The molecule has 14 unspecified atom stereocenters. The fourth-order valence-corrected chi connectivity index (χ4v) is 6.15. The molecule has 14 heteroatoms. The summed E-state index contributed by atoms with van der Waals surface area (Å²) >= 11 is 0. The van der Waals surface area contributed by atoms with Gasteiger partial charge in [-0.1, -0.05) is 28.9 Å². The Kier molecular flexibility index (Phi) is 16.4. The maximum atomic E-state index is 11.4. The summed E-state index contributed by atoms with van der Waals surface area (Å²) < 4.78 is 23.7. The van der Waals surface area contributed by atoms with Crippen molar-refractivity contribution in [3.63, 3.8) is 0 Å². The molecule has 0 spiro atoms. The van der Waals surface area contributed by atoms with Crippen LogP contribution in [0.1, 0.15) is 66.2 Å². The van der Waals surface area contributed by atoms with Crippen molar-refractivity contribution in [1.82, 2.24) is 0 Å². The second kappa shape index (κ2) is 19.5. The molecule has 274 valence electrons. The van der Waals surface area contributed by atoms with E-state index in [2.05, 4.69) is 56.5 Å². The Morgan fingerprint density at radius 1 is 0.812 bits per heavy atom. The first-order chi connectivity index (χ1) is 22.8. The van der Waals surface area contributed by atoms with Crippen molar-refractivity contribution in [2.75, 3.05) is 13.2 Å². The van der Waals surface area contributed by atoms with Crippen LogP contribution < -0.4 is 17.2 Å². The van der Waals surface area contributed by atoms with Gasteiger partial charge in [0.25, 0.3) is 0 Å². The van der Waals surface area contributed by atoms with Gasteiger partial charge in [-0.2, -0.15) is 0 Å². The minimum absolute atomic E-state index is 0.170. The molecule has 2 heterocycles. The van der Waals surface area contributed by atoms with Crippen LogP contribution in [0.2, 0.25) is 0 Å². The van der Waals surface area contributed by atoms with Crippen molar-refractivity contribution in [3.8, 4) is 0 Å². The van der Waals surface area contributed by atoms with Crippen LogP contribution in [0.25, 0.3) is 0 Å². The van der Waals surface area contributed by atoms with Gasteiger partial charge in [0, 0.05) is 12.3 Å². The van der Waals surface area contributed by atoms with E-state index in [0.717, 1.165) is 25.7 Å². The Bertz CT molecular complexity index is 1130. The lowest BCUT2D eigenvalue weighted by Gasteiger charge is -2.47. The number of rotatable bonds is 15. The Morgan fingerprint density at radius 2 is 1.46 bits per heavy atom. The Balaban J connectivity index is 1.58. The molecule has 0 aromatic carbocycles. The van der Waals surface area contributed by atoms with Gasteiger partial charge < -0.3 is 61.7 Å². The molecule has 3 fully saturated rings. The van der Waals surface area contributed by atoms with E-state index >= 15 is 0 Å². The first-order valence-corrected chi connectivity index (χ1v) is 16.9. The van der Waals surface area contributed by atoms with Gasteiger partial charge in [-0.05, 0) is 79.0 Å². The standard InChI is InChI=1S/C34H59N5O9/c1-18(2)8-6-9-19(3)10-7-11-20(4)12-13-39-16-25-24(41)15-22(36)33(45-25)47-31-21(35)14-23(38-5)32(30(31)44)48-34-29(43)27(37)28(42)26(17-40)46-34/h8,10,12-13,21-34,40-44H,5-7,9,11,14-17,35-37H2,1-4H3/b19-10+,20-12+,39-13+. The van der Waals surface area contributed by atoms with Crippen molar-refractivity contribution < 1.29 is 44.5 Å². The van der Waals surface area contributed by atoms with E-state index in [1.165, 1.54) is 16.7 Å². The quantitative estimate of drug-likeness (QED) is 0.0840. The van der Waals surface area contributed by atoms with Crippen LogP contribution in [-0.2, 0) is 18.9 Å². The van der Waals surface area contributed by atoms with Crippen LogP contribution in [0.3, 0.4) is 0 Å². The lowest BCUT2D eigenvalue weighted by molar-refractivity contribution is -0.314. The summed E-state index contributed by atoms with van der Waals surface area (Å²) in [5.74, 6) is 0. The molecule has 0 bridgehead atoms. The highest BCUT2D eigenvalue weighted by Gasteiger charge is 2.50. The van der Waals surface area contributed by atoms with Gasteiger partial charge in [-0.3, -0.25) is 9.98 Å². The molecule has 14 atom stereocenters. The predicted molar refractivity (Wildman–Crippen MR) is 183 cm³/mol. The van der Waals surface area contributed by atoms with Crippen molar-refractivity contribution in [3.05, 3.63) is 34.9 Å². The van der Waals surface area contributed by atoms with E-state index in [0.29, 0.717) is 0 Å². The minimum Gasteiger partial charge on any atom is -0.394 e. The van der Waals surface area contributed by atoms with E-state index in [4.69, 9.17) is 36.1 Å². The third-order valence-electron chi connectivity index (χ3n) is 9.22. The summed E-state index contributed by atoms with van der Waals surface area (Å²) in [5, 5.41) is 52.4. The Hall–Kier alpha value is -1.92. The summed E-state index contributed by atoms with van der Waals surface area (Å²) in [6.45, 7) is 11.6. The first-order valence-electron chi connectivity index (χ1n) is 16.9. The molecule has 3 aliphatic rings. The molecule has 48 heavy (non-hydrogen) atoms. The summed E-state index contributed by atoms with van der Waals surface area (Å²) in [6.07, 6.45) is 1.17. The SMILES string of the molecule is C=NC1CC(N)C(OC2OC(C/N=C/C=C(\C)CC/C=C(\C)CCC=C(C)C)C(O)CC2N)C(O)C1OC1OC(CO)C(O)C(N)C1O. The topological polar surface area (TPSA) is 241 Å². The highest BCUT2D eigenvalue weighted by molar-refractivity contribution is 5.72. The largest absolute Gasteiger partial charge is 0.394 e. The molecular formula is C34H59N5O9. The lowest BCUT2D eigenvalue weighted by Crippen LogP contribution is -2.66. The smallest absolute Gasteiger partial charge is 0.186 e. The number of aliphatic imine (C=N–C) groups is 2. The zero-order valence-electron chi connectivity index (χ0n) is 28.8. The average Bonchev–Trinajstić information content (AvgIpc) is 3.03. The second-order valence-corrected chi connectivity index (χ2v) is 13.6. The Morgan fingerprint density at radius 3 is 2.12 bits per heavy atom. The van der Waals surface area contributed by atoms with Gasteiger partial charge in [-0.15, -0.1) is 0 Å².